The maximum atomic E-state index is 5.85. The molecule has 0 aromatic rings. The van der Waals surface area contributed by atoms with Crippen LogP contribution in [-0.4, -0.2) is 37.7 Å². The minimum absolute atomic E-state index is 0.403. The fraction of sp³-hybridized carbons (Fsp3) is 1.00. The van der Waals surface area contributed by atoms with Crippen LogP contribution in [0.2, 0.25) is 0 Å². The first-order valence-corrected chi connectivity index (χ1v) is 10.4. The minimum Gasteiger partial charge on any atom is -0.303 e. The summed E-state index contributed by atoms with van der Waals surface area (Å²) in [7, 11) is 1.07. The lowest BCUT2D eigenvalue weighted by Gasteiger charge is -2.29. The normalized spacial score (nSPS) is 24.4. The zero-order valence-electron chi connectivity index (χ0n) is 13.6. The van der Waals surface area contributed by atoms with Gasteiger partial charge in [0.05, 0.1) is 0 Å². The van der Waals surface area contributed by atoms with Gasteiger partial charge in [-0.05, 0) is 57.0 Å². The number of nitrogens with zero attached hydrogens (tertiary/aromatic N) is 1. The van der Waals surface area contributed by atoms with Crippen molar-refractivity contribution in [1.29, 1.82) is 0 Å². The summed E-state index contributed by atoms with van der Waals surface area (Å²) >= 11 is 5.21. The van der Waals surface area contributed by atoms with E-state index in [1.165, 1.54) is 51.7 Å². The topological polar surface area (TPSA) is 24.5 Å². The Morgan fingerprint density at radius 2 is 1.95 bits per heavy atom. The van der Waals surface area contributed by atoms with Gasteiger partial charge in [0, 0.05) is 13.6 Å². The second-order valence-electron chi connectivity index (χ2n) is 6.30. The molecule has 20 heavy (non-hydrogen) atoms. The van der Waals surface area contributed by atoms with Crippen molar-refractivity contribution in [3.63, 3.8) is 0 Å². The molecule has 1 aliphatic carbocycles. The monoisotopic (exact) mass is 319 g/mol. The first-order valence-electron chi connectivity index (χ1n) is 8.08. The number of nitrogens with one attached hydrogen (secondary N) is 1. The molecule has 0 aromatic heterocycles. The quantitative estimate of drug-likeness (QED) is 0.651. The van der Waals surface area contributed by atoms with Crippen LogP contribution in [0.4, 0.5) is 0 Å². The number of rotatable bonds is 9. The Balaban J connectivity index is 2.20. The van der Waals surface area contributed by atoms with Crippen molar-refractivity contribution in [2.45, 2.75) is 59.0 Å². The second kappa shape index (κ2) is 10.2. The summed E-state index contributed by atoms with van der Waals surface area (Å²) < 4.78 is 5.85. The van der Waals surface area contributed by atoms with E-state index in [2.05, 4.69) is 30.8 Å². The Morgan fingerprint density at radius 3 is 2.45 bits per heavy atom. The van der Waals surface area contributed by atoms with Gasteiger partial charge in [0.2, 0.25) is 11.8 Å². The standard InChI is InChI=1S/C15H32N2OPS/c1-5-17(12-13(2)3)11-10-14-6-8-15(9-7-14)18-19(20)16-4/h13-15H,5-12H2,1-4H3,(H,16,20)/q+1. The van der Waals surface area contributed by atoms with Crippen LogP contribution in [0.25, 0.3) is 0 Å². The minimum atomic E-state index is -0.821. The van der Waals surface area contributed by atoms with Gasteiger partial charge in [0.15, 0.2) is 0 Å². The van der Waals surface area contributed by atoms with Gasteiger partial charge in [-0.15, -0.1) is 9.61 Å². The fourth-order valence-electron chi connectivity index (χ4n) is 2.97. The van der Waals surface area contributed by atoms with Gasteiger partial charge in [-0.1, -0.05) is 20.8 Å². The third-order valence-electron chi connectivity index (χ3n) is 4.15. The Hall–Kier alpha value is 0.400. The van der Waals surface area contributed by atoms with Crippen molar-refractivity contribution in [2.24, 2.45) is 11.8 Å². The number of hydrogen-bond donors (Lipinski definition) is 1. The third-order valence-corrected chi connectivity index (χ3v) is 5.81. The van der Waals surface area contributed by atoms with Crippen molar-refractivity contribution in [1.82, 2.24) is 9.99 Å². The van der Waals surface area contributed by atoms with Gasteiger partial charge >= 0.3 is 7.07 Å². The van der Waals surface area contributed by atoms with E-state index in [4.69, 9.17) is 16.3 Å². The van der Waals surface area contributed by atoms with Crippen LogP contribution in [0.1, 0.15) is 52.9 Å². The zero-order valence-corrected chi connectivity index (χ0v) is 15.3. The molecule has 0 heterocycles. The summed E-state index contributed by atoms with van der Waals surface area (Å²) in [5, 5.41) is 3.04. The van der Waals surface area contributed by atoms with E-state index in [1.807, 2.05) is 7.05 Å². The average Bonchev–Trinajstić information content (AvgIpc) is 2.44. The van der Waals surface area contributed by atoms with Crippen molar-refractivity contribution in [3.8, 4) is 0 Å². The van der Waals surface area contributed by atoms with Crippen LogP contribution in [0.5, 0.6) is 0 Å². The van der Waals surface area contributed by atoms with Gasteiger partial charge in [0.1, 0.15) is 6.10 Å². The molecule has 118 valence electrons. The predicted octanol–water partition coefficient (Wildman–Crippen LogP) is 3.92. The van der Waals surface area contributed by atoms with Crippen molar-refractivity contribution >= 4 is 18.9 Å². The van der Waals surface area contributed by atoms with Gasteiger partial charge in [-0.3, -0.25) is 0 Å². The van der Waals surface area contributed by atoms with Crippen LogP contribution in [0.3, 0.4) is 0 Å². The highest BCUT2D eigenvalue weighted by Gasteiger charge is 2.26. The molecule has 1 aliphatic rings. The summed E-state index contributed by atoms with van der Waals surface area (Å²) in [5.41, 5.74) is 0. The van der Waals surface area contributed by atoms with Crippen molar-refractivity contribution in [3.05, 3.63) is 0 Å². The smallest absolute Gasteiger partial charge is 0.303 e. The molecule has 1 N–H and O–H groups in total. The fourth-order valence-corrected chi connectivity index (χ4v) is 3.93. The molecule has 0 radical (unpaired) electrons. The lowest BCUT2D eigenvalue weighted by atomic mass is 9.85. The van der Waals surface area contributed by atoms with Gasteiger partial charge in [-0.2, -0.15) is 0 Å². The third kappa shape index (κ3) is 7.42. The summed E-state index contributed by atoms with van der Waals surface area (Å²) in [5.74, 6) is 1.66. The summed E-state index contributed by atoms with van der Waals surface area (Å²) in [6.07, 6.45) is 6.76. The lowest BCUT2D eigenvalue weighted by Crippen LogP contribution is -2.31. The molecular formula is C15H32N2OPS+. The lowest BCUT2D eigenvalue weighted by molar-refractivity contribution is 0.136. The summed E-state index contributed by atoms with van der Waals surface area (Å²) in [6, 6.07) is 0. The first kappa shape index (κ1) is 18.4. The van der Waals surface area contributed by atoms with Crippen LogP contribution < -0.4 is 5.09 Å². The van der Waals surface area contributed by atoms with Crippen molar-refractivity contribution < 1.29 is 4.52 Å². The summed E-state index contributed by atoms with van der Waals surface area (Å²) in [4.78, 5) is 2.59. The van der Waals surface area contributed by atoms with E-state index in [0.29, 0.717) is 6.10 Å². The van der Waals surface area contributed by atoms with Crippen molar-refractivity contribution in [2.75, 3.05) is 26.7 Å². The molecule has 0 saturated heterocycles. The predicted molar refractivity (Wildman–Crippen MR) is 91.7 cm³/mol. The highest BCUT2D eigenvalue weighted by Crippen LogP contribution is 2.33. The second-order valence-corrected chi connectivity index (χ2v) is 8.47. The van der Waals surface area contributed by atoms with E-state index in [1.54, 1.807) is 0 Å². The molecule has 1 fully saturated rings. The number of hydrogen-bond acceptors (Lipinski definition) is 3. The molecule has 0 amide bonds. The summed E-state index contributed by atoms with van der Waals surface area (Å²) in [6.45, 7) is 10.6. The van der Waals surface area contributed by atoms with E-state index >= 15 is 0 Å². The Bertz CT molecular complexity index is 281. The van der Waals surface area contributed by atoms with Crippen LogP contribution >= 0.6 is 7.07 Å². The molecule has 1 saturated carbocycles. The molecule has 0 spiro atoms. The highest BCUT2D eigenvalue weighted by molar-refractivity contribution is 8.02. The van der Waals surface area contributed by atoms with Gasteiger partial charge in [-0.25, -0.2) is 0 Å². The van der Waals surface area contributed by atoms with Crippen LogP contribution in [0, 0.1) is 11.8 Å². The molecule has 5 heteroatoms. The van der Waals surface area contributed by atoms with Gasteiger partial charge < -0.3 is 4.90 Å². The van der Waals surface area contributed by atoms with E-state index in [-0.39, 0.29) is 0 Å². The zero-order chi connectivity index (χ0) is 15.0. The first-order chi connectivity index (χ1) is 9.55. The highest BCUT2D eigenvalue weighted by atomic mass is 32.4. The maximum absolute atomic E-state index is 5.85. The molecule has 1 unspecified atom stereocenters. The largest absolute Gasteiger partial charge is 0.439 e. The van der Waals surface area contributed by atoms with Crippen LogP contribution in [-0.2, 0) is 16.3 Å². The Labute approximate surface area is 131 Å². The van der Waals surface area contributed by atoms with Crippen LogP contribution in [0.15, 0.2) is 0 Å². The average molecular weight is 319 g/mol. The molecule has 0 aromatic carbocycles. The molecule has 3 nitrogen and oxygen atoms in total. The Morgan fingerprint density at radius 1 is 1.30 bits per heavy atom. The molecule has 1 rings (SSSR count). The molecule has 1 atom stereocenters. The maximum Gasteiger partial charge on any atom is 0.439 e. The van der Waals surface area contributed by atoms with Gasteiger partial charge in [0.25, 0.3) is 0 Å². The Kier molecular flexibility index (Phi) is 9.39. The molecule has 0 aliphatic heterocycles. The van der Waals surface area contributed by atoms with E-state index in [0.717, 1.165) is 11.8 Å². The molecular weight excluding hydrogens is 287 g/mol. The SMILES string of the molecule is CCN(CCC1CCC(O[P+](=S)NC)CC1)CC(C)C. The van der Waals surface area contributed by atoms with E-state index in [9.17, 15) is 0 Å². The van der Waals surface area contributed by atoms with E-state index < -0.39 is 7.07 Å². The molecule has 0 bridgehead atoms.